The van der Waals surface area contributed by atoms with Crippen LogP contribution in [0.5, 0.6) is 11.5 Å². The monoisotopic (exact) mass is 335 g/mol. The summed E-state index contributed by atoms with van der Waals surface area (Å²) in [6, 6.07) is 14.9. The van der Waals surface area contributed by atoms with Crippen LogP contribution in [0.2, 0.25) is 0 Å². The summed E-state index contributed by atoms with van der Waals surface area (Å²) in [7, 11) is 0. The molecule has 7 nitrogen and oxygen atoms in total. The molecule has 2 aromatic heterocycles. The summed E-state index contributed by atoms with van der Waals surface area (Å²) in [6.07, 6.45) is 1.45. The molecular weight excluding hydrogens is 322 g/mol. The van der Waals surface area contributed by atoms with Gasteiger partial charge in [0.05, 0.1) is 5.56 Å². The van der Waals surface area contributed by atoms with Crippen molar-refractivity contribution in [3.05, 3.63) is 71.8 Å². The van der Waals surface area contributed by atoms with E-state index in [0.29, 0.717) is 17.1 Å². The maximum absolute atomic E-state index is 12.1. The van der Waals surface area contributed by atoms with Gasteiger partial charge in [-0.3, -0.25) is 4.79 Å². The SMILES string of the molecule is N#Cc1ccccc1OCc1ccc(C(=O)Nc2ncccc2O)o1. The van der Waals surface area contributed by atoms with E-state index in [1.807, 2.05) is 6.07 Å². The van der Waals surface area contributed by atoms with Crippen molar-refractivity contribution in [2.75, 3.05) is 5.32 Å². The van der Waals surface area contributed by atoms with Gasteiger partial charge in [0.25, 0.3) is 5.91 Å². The van der Waals surface area contributed by atoms with Gasteiger partial charge in [0, 0.05) is 6.20 Å². The lowest BCUT2D eigenvalue weighted by Gasteiger charge is -2.06. The van der Waals surface area contributed by atoms with Crippen molar-refractivity contribution in [2.45, 2.75) is 6.61 Å². The molecule has 25 heavy (non-hydrogen) atoms. The Labute approximate surface area is 143 Å². The van der Waals surface area contributed by atoms with Gasteiger partial charge in [-0.25, -0.2) is 4.98 Å². The smallest absolute Gasteiger partial charge is 0.292 e. The van der Waals surface area contributed by atoms with Crippen molar-refractivity contribution >= 4 is 11.7 Å². The van der Waals surface area contributed by atoms with Crippen molar-refractivity contribution in [3.8, 4) is 17.6 Å². The van der Waals surface area contributed by atoms with Crippen molar-refractivity contribution in [3.63, 3.8) is 0 Å². The van der Waals surface area contributed by atoms with E-state index in [0.717, 1.165) is 0 Å². The summed E-state index contributed by atoms with van der Waals surface area (Å²) in [5.74, 6) is 0.271. The highest BCUT2D eigenvalue weighted by Crippen LogP contribution is 2.21. The Bertz CT molecular complexity index is 943. The van der Waals surface area contributed by atoms with Crippen molar-refractivity contribution in [2.24, 2.45) is 0 Å². The number of nitriles is 1. The van der Waals surface area contributed by atoms with E-state index in [-0.39, 0.29) is 23.9 Å². The molecule has 124 valence electrons. The standard InChI is InChI=1S/C18H13N3O4/c19-10-12-4-1-2-6-15(12)24-11-13-7-8-16(25-13)18(23)21-17-14(22)5-3-9-20-17/h1-9,22H,11H2,(H,20,21,23). The number of rotatable bonds is 5. The second kappa shape index (κ2) is 7.19. The van der Waals surface area contributed by atoms with E-state index in [1.165, 1.54) is 18.3 Å². The summed E-state index contributed by atoms with van der Waals surface area (Å²) >= 11 is 0. The number of pyridine rings is 1. The highest BCUT2D eigenvalue weighted by molar-refractivity contribution is 6.02. The molecule has 0 saturated carbocycles. The number of nitrogens with zero attached hydrogens (tertiary/aromatic N) is 2. The van der Waals surface area contributed by atoms with Crippen molar-refractivity contribution in [1.82, 2.24) is 4.98 Å². The van der Waals surface area contributed by atoms with Gasteiger partial charge >= 0.3 is 0 Å². The van der Waals surface area contributed by atoms with Crippen LogP contribution < -0.4 is 10.1 Å². The highest BCUT2D eigenvalue weighted by Gasteiger charge is 2.14. The van der Waals surface area contributed by atoms with Crippen molar-refractivity contribution < 1.29 is 19.1 Å². The van der Waals surface area contributed by atoms with Gasteiger partial charge in [0.2, 0.25) is 0 Å². The number of aromatic hydroxyl groups is 1. The van der Waals surface area contributed by atoms with Crippen molar-refractivity contribution in [1.29, 1.82) is 5.26 Å². The summed E-state index contributed by atoms with van der Waals surface area (Å²) in [4.78, 5) is 16.0. The number of hydrogen-bond acceptors (Lipinski definition) is 6. The molecular formula is C18H13N3O4. The Kier molecular flexibility index (Phi) is 4.62. The molecule has 0 atom stereocenters. The first-order chi connectivity index (χ1) is 12.2. The van der Waals surface area contributed by atoms with Crippen LogP contribution in [0.4, 0.5) is 5.82 Å². The molecule has 0 saturated heterocycles. The second-order valence-electron chi connectivity index (χ2n) is 4.99. The van der Waals surface area contributed by atoms with Gasteiger partial charge in [0.1, 0.15) is 24.2 Å². The van der Waals surface area contributed by atoms with Crippen LogP contribution in [0.3, 0.4) is 0 Å². The fraction of sp³-hybridized carbons (Fsp3) is 0.0556. The predicted molar refractivity (Wildman–Crippen MR) is 88.1 cm³/mol. The van der Waals surface area contributed by atoms with E-state index < -0.39 is 5.91 Å². The van der Waals surface area contributed by atoms with E-state index in [9.17, 15) is 9.90 Å². The number of ether oxygens (including phenoxy) is 1. The minimum atomic E-state index is -0.544. The minimum Gasteiger partial charge on any atom is -0.504 e. The van der Waals surface area contributed by atoms with Crippen LogP contribution in [-0.4, -0.2) is 16.0 Å². The van der Waals surface area contributed by atoms with Gasteiger partial charge in [0.15, 0.2) is 17.3 Å². The molecule has 7 heteroatoms. The first kappa shape index (κ1) is 16.1. The maximum Gasteiger partial charge on any atom is 0.292 e. The average Bonchev–Trinajstić information content (AvgIpc) is 3.11. The number of furan rings is 1. The van der Waals surface area contributed by atoms with Gasteiger partial charge < -0.3 is 19.6 Å². The maximum atomic E-state index is 12.1. The molecule has 0 aliphatic heterocycles. The molecule has 0 unspecified atom stereocenters. The molecule has 2 heterocycles. The van der Waals surface area contributed by atoms with Crippen LogP contribution >= 0.6 is 0 Å². The van der Waals surface area contributed by atoms with E-state index >= 15 is 0 Å². The Morgan fingerprint density at radius 2 is 2.08 bits per heavy atom. The number of para-hydroxylation sites is 1. The topological polar surface area (TPSA) is 108 Å². The third-order valence-corrected chi connectivity index (χ3v) is 3.28. The molecule has 3 aromatic rings. The number of aromatic nitrogens is 1. The van der Waals surface area contributed by atoms with Gasteiger partial charge in [-0.2, -0.15) is 5.26 Å². The summed E-state index contributed by atoms with van der Waals surface area (Å²) in [5.41, 5.74) is 0.414. The molecule has 3 rings (SSSR count). The Balaban J connectivity index is 1.65. The third-order valence-electron chi connectivity index (χ3n) is 3.28. The number of anilines is 1. The molecule has 0 aliphatic carbocycles. The van der Waals surface area contributed by atoms with Crippen LogP contribution in [-0.2, 0) is 6.61 Å². The summed E-state index contributed by atoms with van der Waals surface area (Å²) in [6.45, 7) is 0.0702. The zero-order valence-corrected chi connectivity index (χ0v) is 13.0. The first-order valence-electron chi connectivity index (χ1n) is 7.33. The molecule has 0 radical (unpaired) electrons. The molecule has 0 bridgehead atoms. The third kappa shape index (κ3) is 3.76. The van der Waals surface area contributed by atoms with Gasteiger partial charge in [-0.15, -0.1) is 0 Å². The highest BCUT2D eigenvalue weighted by atomic mass is 16.5. The average molecular weight is 335 g/mol. The zero-order chi connectivity index (χ0) is 17.6. The lowest BCUT2D eigenvalue weighted by atomic mass is 10.2. The second-order valence-corrected chi connectivity index (χ2v) is 4.99. The Hall–Kier alpha value is -3.79. The van der Waals surface area contributed by atoms with E-state index in [1.54, 1.807) is 36.4 Å². The fourth-order valence-electron chi connectivity index (χ4n) is 2.07. The largest absolute Gasteiger partial charge is 0.504 e. The van der Waals surface area contributed by atoms with E-state index in [2.05, 4.69) is 10.3 Å². The summed E-state index contributed by atoms with van der Waals surface area (Å²) in [5, 5.41) is 21.1. The number of nitrogens with one attached hydrogen (secondary N) is 1. The zero-order valence-electron chi connectivity index (χ0n) is 13.0. The number of benzene rings is 1. The van der Waals surface area contributed by atoms with E-state index in [4.69, 9.17) is 14.4 Å². The lowest BCUT2D eigenvalue weighted by Crippen LogP contribution is -2.12. The number of carbonyl (C=O) groups is 1. The fourth-order valence-corrected chi connectivity index (χ4v) is 2.07. The molecule has 0 fully saturated rings. The van der Waals surface area contributed by atoms with Crippen LogP contribution in [0.25, 0.3) is 0 Å². The van der Waals surface area contributed by atoms with Gasteiger partial charge in [-0.1, -0.05) is 12.1 Å². The minimum absolute atomic E-state index is 0.0460. The number of amides is 1. The first-order valence-corrected chi connectivity index (χ1v) is 7.33. The quantitative estimate of drug-likeness (QED) is 0.742. The molecule has 1 amide bonds. The van der Waals surface area contributed by atoms with Crippen LogP contribution in [0, 0.1) is 11.3 Å². The summed E-state index contributed by atoms with van der Waals surface area (Å²) < 4.78 is 11.0. The molecule has 0 aliphatic rings. The Morgan fingerprint density at radius 3 is 2.88 bits per heavy atom. The van der Waals surface area contributed by atoms with Gasteiger partial charge in [-0.05, 0) is 36.4 Å². The lowest BCUT2D eigenvalue weighted by molar-refractivity contribution is 0.0991. The molecule has 0 spiro atoms. The van der Waals surface area contributed by atoms with Crippen LogP contribution in [0.15, 0.2) is 59.1 Å². The predicted octanol–water partition coefficient (Wildman–Crippen LogP) is 3.08. The molecule has 1 aromatic carbocycles. The number of carbonyl (C=O) groups excluding carboxylic acids is 1. The number of hydrogen-bond donors (Lipinski definition) is 2. The van der Waals surface area contributed by atoms with Crippen LogP contribution in [0.1, 0.15) is 21.9 Å². The normalized spacial score (nSPS) is 10.0. The Morgan fingerprint density at radius 1 is 1.24 bits per heavy atom. The molecule has 2 N–H and O–H groups in total.